The van der Waals surface area contributed by atoms with Crippen LogP contribution < -0.4 is 8.92 Å². The van der Waals surface area contributed by atoms with Gasteiger partial charge in [0.1, 0.15) is 0 Å². The molecule has 3 aromatic rings. The van der Waals surface area contributed by atoms with Gasteiger partial charge in [0.05, 0.1) is 0 Å². The third kappa shape index (κ3) is 4.15. The molecule has 0 amide bonds. The second-order valence-corrected chi connectivity index (χ2v) is 10.5. The zero-order chi connectivity index (χ0) is 16.9. The Morgan fingerprint density at radius 3 is 1.76 bits per heavy atom. The van der Waals surface area contributed by atoms with E-state index in [-0.39, 0.29) is 6.10 Å². The summed E-state index contributed by atoms with van der Waals surface area (Å²) in [7, 11) is 0. The van der Waals surface area contributed by atoms with Crippen molar-refractivity contribution in [3.63, 3.8) is 0 Å². The number of benzene rings is 3. The van der Waals surface area contributed by atoms with Crippen molar-refractivity contribution in [3.05, 3.63) is 106 Å². The Bertz CT molecular complexity index is 845. The van der Waals surface area contributed by atoms with Crippen molar-refractivity contribution >= 4 is 38.8 Å². The summed E-state index contributed by atoms with van der Waals surface area (Å²) in [5, 5.41) is 0. The number of ether oxygens (including phenoxy) is 1. The standard InChI is InChI=1S/C22H18OSe2/c1-4-10-17(11-5-1)21-22(25-19-14-8-3-9-15-19)20(16-23-21)24-18-12-6-2-7-13-18/h1-15,21H,16H2. The first kappa shape index (κ1) is 16.8. The number of hydrogen-bond donors (Lipinski definition) is 0. The Labute approximate surface area is 161 Å². The summed E-state index contributed by atoms with van der Waals surface area (Å²) in [6, 6.07) is 32.3. The molecule has 0 saturated heterocycles. The van der Waals surface area contributed by atoms with Crippen LogP contribution in [0.2, 0.25) is 0 Å². The normalized spacial score (nSPS) is 17.0. The maximum atomic E-state index is 6.27. The van der Waals surface area contributed by atoms with Crippen molar-refractivity contribution in [1.82, 2.24) is 0 Å². The monoisotopic (exact) mass is 458 g/mol. The Balaban J connectivity index is 1.68. The summed E-state index contributed by atoms with van der Waals surface area (Å²) in [4.78, 5) is 0. The van der Waals surface area contributed by atoms with Crippen LogP contribution in [0.25, 0.3) is 0 Å². The number of hydrogen-bond acceptors (Lipinski definition) is 1. The minimum atomic E-state index is 0.113. The van der Waals surface area contributed by atoms with Gasteiger partial charge in [-0.3, -0.25) is 0 Å². The molecule has 1 unspecified atom stereocenters. The SMILES string of the molecule is c1ccc([Se]C2=C([Se]c3ccccc3)C(c3ccccc3)OC2)cc1. The Hall–Kier alpha value is -1.60. The van der Waals surface area contributed by atoms with Gasteiger partial charge >= 0.3 is 162 Å². The third-order valence-corrected chi connectivity index (χ3v) is 9.39. The second-order valence-electron chi connectivity index (χ2n) is 5.72. The maximum absolute atomic E-state index is 6.27. The summed E-state index contributed by atoms with van der Waals surface area (Å²) < 4.78 is 12.1. The molecule has 1 nitrogen and oxygen atoms in total. The molecule has 1 aliphatic heterocycles. The van der Waals surface area contributed by atoms with Gasteiger partial charge in [-0.05, 0) is 0 Å². The predicted molar refractivity (Wildman–Crippen MR) is 106 cm³/mol. The molecular weight excluding hydrogens is 438 g/mol. The van der Waals surface area contributed by atoms with Crippen LogP contribution in [0.15, 0.2) is 99.9 Å². The Morgan fingerprint density at radius 1 is 0.640 bits per heavy atom. The third-order valence-electron chi connectivity index (χ3n) is 3.95. The van der Waals surface area contributed by atoms with Crippen LogP contribution in [0.5, 0.6) is 0 Å². The molecule has 0 aliphatic carbocycles. The first-order valence-electron chi connectivity index (χ1n) is 8.25. The Morgan fingerprint density at radius 2 is 1.16 bits per heavy atom. The molecule has 0 N–H and O–H groups in total. The molecule has 25 heavy (non-hydrogen) atoms. The minimum absolute atomic E-state index is 0.113. The molecule has 0 saturated carbocycles. The van der Waals surface area contributed by atoms with Gasteiger partial charge in [0.15, 0.2) is 0 Å². The van der Waals surface area contributed by atoms with Crippen LogP contribution >= 0.6 is 0 Å². The summed E-state index contributed by atoms with van der Waals surface area (Å²) in [6.07, 6.45) is 0.113. The molecule has 0 aromatic heterocycles. The van der Waals surface area contributed by atoms with Crippen molar-refractivity contribution in [2.45, 2.75) is 6.10 Å². The van der Waals surface area contributed by atoms with E-state index in [4.69, 9.17) is 4.74 Å². The van der Waals surface area contributed by atoms with Crippen molar-refractivity contribution in [2.75, 3.05) is 6.61 Å². The Kier molecular flexibility index (Phi) is 5.52. The first-order chi connectivity index (χ1) is 12.4. The van der Waals surface area contributed by atoms with E-state index in [1.165, 1.54) is 23.4 Å². The summed E-state index contributed by atoms with van der Waals surface area (Å²) in [5.41, 5.74) is 1.27. The molecule has 1 aliphatic rings. The summed E-state index contributed by atoms with van der Waals surface area (Å²) in [6.45, 7) is 0.762. The zero-order valence-corrected chi connectivity index (χ0v) is 17.1. The molecule has 1 heterocycles. The molecule has 1 atom stereocenters. The number of rotatable bonds is 5. The van der Waals surface area contributed by atoms with Crippen LogP contribution in [-0.4, -0.2) is 36.5 Å². The molecule has 0 spiro atoms. The summed E-state index contributed by atoms with van der Waals surface area (Å²) >= 11 is 0.626. The van der Waals surface area contributed by atoms with Crippen LogP contribution in [0, 0.1) is 0 Å². The fourth-order valence-electron chi connectivity index (χ4n) is 2.76. The van der Waals surface area contributed by atoms with Gasteiger partial charge in [0.2, 0.25) is 0 Å². The van der Waals surface area contributed by atoms with E-state index in [1.54, 1.807) is 0 Å². The fourth-order valence-corrected chi connectivity index (χ4v) is 7.75. The van der Waals surface area contributed by atoms with Gasteiger partial charge in [-0.15, -0.1) is 0 Å². The molecule has 4 rings (SSSR count). The van der Waals surface area contributed by atoms with Gasteiger partial charge < -0.3 is 0 Å². The molecule has 0 bridgehead atoms. The molecular formula is C22H18OSe2. The van der Waals surface area contributed by atoms with Gasteiger partial charge in [0.25, 0.3) is 0 Å². The van der Waals surface area contributed by atoms with E-state index < -0.39 is 0 Å². The zero-order valence-electron chi connectivity index (χ0n) is 13.7. The molecule has 124 valence electrons. The van der Waals surface area contributed by atoms with E-state index in [2.05, 4.69) is 91.0 Å². The second kappa shape index (κ2) is 8.19. The van der Waals surface area contributed by atoms with Gasteiger partial charge in [-0.2, -0.15) is 0 Å². The van der Waals surface area contributed by atoms with Crippen LogP contribution in [0.3, 0.4) is 0 Å². The van der Waals surface area contributed by atoms with E-state index >= 15 is 0 Å². The summed E-state index contributed by atoms with van der Waals surface area (Å²) in [5.74, 6) is 0. The quantitative estimate of drug-likeness (QED) is 0.537. The van der Waals surface area contributed by atoms with Crippen LogP contribution in [0.1, 0.15) is 11.7 Å². The average molecular weight is 456 g/mol. The fraction of sp³-hybridized carbons (Fsp3) is 0.0909. The van der Waals surface area contributed by atoms with Crippen molar-refractivity contribution in [3.8, 4) is 0 Å². The van der Waals surface area contributed by atoms with E-state index in [0.29, 0.717) is 29.9 Å². The molecule has 0 fully saturated rings. The van der Waals surface area contributed by atoms with Crippen LogP contribution in [0.4, 0.5) is 0 Å². The van der Waals surface area contributed by atoms with Gasteiger partial charge in [-0.1, -0.05) is 0 Å². The van der Waals surface area contributed by atoms with E-state index in [9.17, 15) is 0 Å². The molecule has 3 aromatic carbocycles. The van der Waals surface area contributed by atoms with Crippen molar-refractivity contribution in [2.24, 2.45) is 0 Å². The average Bonchev–Trinajstić information content (AvgIpc) is 3.06. The van der Waals surface area contributed by atoms with Crippen LogP contribution in [-0.2, 0) is 4.74 Å². The molecule has 0 radical (unpaired) electrons. The van der Waals surface area contributed by atoms with E-state index in [1.807, 2.05) is 0 Å². The topological polar surface area (TPSA) is 9.23 Å². The predicted octanol–water partition coefficient (Wildman–Crippen LogP) is 3.03. The van der Waals surface area contributed by atoms with Gasteiger partial charge in [-0.25, -0.2) is 0 Å². The molecule has 3 heteroatoms. The van der Waals surface area contributed by atoms with Crippen molar-refractivity contribution < 1.29 is 4.74 Å². The van der Waals surface area contributed by atoms with E-state index in [0.717, 1.165) is 6.61 Å². The van der Waals surface area contributed by atoms with Gasteiger partial charge in [0, 0.05) is 0 Å². The first-order valence-corrected chi connectivity index (χ1v) is 11.7. The van der Waals surface area contributed by atoms with Crippen molar-refractivity contribution in [1.29, 1.82) is 0 Å².